The van der Waals surface area contributed by atoms with Crippen molar-refractivity contribution in [3.63, 3.8) is 0 Å². The summed E-state index contributed by atoms with van der Waals surface area (Å²) in [5.74, 6) is 0.563. The highest BCUT2D eigenvalue weighted by Crippen LogP contribution is 2.18. The van der Waals surface area contributed by atoms with Crippen molar-refractivity contribution in [2.75, 3.05) is 5.32 Å². The van der Waals surface area contributed by atoms with Crippen LogP contribution in [0, 0.1) is 9.54 Å². The van der Waals surface area contributed by atoms with Crippen LogP contribution in [-0.2, 0) is 4.79 Å². The quantitative estimate of drug-likeness (QED) is 0.588. The fourth-order valence-corrected chi connectivity index (χ4v) is 1.81. The Balaban J connectivity index is 2.52. The fourth-order valence-electron chi connectivity index (χ4n) is 1.35. The van der Waals surface area contributed by atoms with Crippen molar-refractivity contribution in [1.29, 1.82) is 0 Å². The van der Waals surface area contributed by atoms with Crippen LogP contribution in [-0.4, -0.2) is 21.4 Å². The van der Waals surface area contributed by atoms with Gasteiger partial charge in [0, 0.05) is 11.3 Å². The Morgan fingerprint density at radius 3 is 2.82 bits per heavy atom. The smallest absolute Gasteiger partial charge is 0.211 e. The van der Waals surface area contributed by atoms with Crippen molar-refractivity contribution < 1.29 is 4.79 Å². The lowest BCUT2D eigenvalue weighted by Crippen LogP contribution is -1.96. The molecule has 0 saturated carbocycles. The minimum absolute atomic E-state index is 0.317. The standard InChI is InChI=1S/C10H8N4OS2/c15-5-11-7-3-1-2-6(4-7)8-12-9(16)14-10(17)13-8/h1-5H,(H,11,15)(H2,12,13,14,16,17). The molecule has 0 aliphatic rings. The van der Waals surface area contributed by atoms with E-state index in [0.717, 1.165) is 5.56 Å². The van der Waals surface area contributed by atoms with Crippen LogP contribution in [0.5, 0.6) is 0 Å². The predicted octanol–water partition coefficient (Wildman–Crippen LogP) is 2.43. The van der Waals surface area contributed by atoms with Gasteiger partial charge in [-0.05, 0) is 36.6 Å². The second-order valence-electron chi connectivity index (χ2n) is 3.19. The van der Waals surface area contributed by atoms with Crippen LogP contribution in [0.3, 0.4) is 0 Å². The van der Waals surface area contributed by atoms with E-state index in [-0.39, 0.29) is 0 Å². The first-order valence-electron chi connectivity index (χ1n) is 4.70. The number of hydrogen-bond acceptors (Lipinski definition) is 4. The number of H-pyrrole nitrogens is 2. The van der Waals surface area contributed by atoms with Gasteiger partial charge < -0.3 is 15.3 Å². The molecule has 5 nitrogen and oxygen atoms in total. The lowest BCUT2D eigenvalue weighted by molar-refractivity contribution is -0.105. The first-order chi connectivity index (χ1) is 8.19. The number of nitrogens with one attached hydrogen (secondary N) is 3. The molecule has 0 unspecified atom stereocenters. The first-order valence-corrected chi connectivity index (χ1v) is 5.52. The molecular formula is C10H8N4OS2. The first kappa shape index (κ1) is 11.6. The molecule has 17 heavy (non-hydrogen) atoms. The Morgan fingerprint density at radius 2 is 2.12 bits per heavy atom. The van der Waals surface area contributed by atoms with Gasteiger partial charge in [-0.15, -0.1) is 0 Å². The van der Waals surface area contributed by atoms with Gasteiger partial charge in [-0.3, -0.25) is 4.79 Å². The largest absolute Gasteiger partial charge is 0.329 e. The van der Waals surface area contributed by atoms with E-state index in [1.165, 1.54) is 0 Å². The summed E-state index contributed by atoms with van der Waals surface area (Å²) in [6.07, 6.45) is 0.617. The molecule has 1 heterocycles. The molecule has 1 aromatic carbocycles. The van der Waals surface area contributed by atoms with Gasteiger partial charge in [0.05, 0.1) is 0 Å². The van der Waals surface area contributed by atoms with E-state index in [2.05, 4.69) is 20.3 Å². The monoisotopic (exact) mass is 264 g/mol. The Hall–Kier alpha value is -1.86. The molecule has 3 N–H and O–H groups in total. The summed E-state index contributed by atoms with van der Waals surface area (Å²) in [7, 11) is 0. The number of rotatable bonds is 3. The Bertz CT molecular complexity index is 633. The molecule has 0 bridgehead atoms. The van der Waals surface area contributed by atoms with E-state index >= 15 is 0 Å². The summed E-state index contributed by atoms with van der Waals surface area (Å²) < 4.78 is 0.728. The molecule has 7 heteroatoms. The highest BCUT2D eigenvalue weighted by atomic mass is 32.1. The third-order valence-electron chi connectivity index (χ3n) is 2.03. The third kappa shape index (κ3) is 2.83. The number of aromatic nitrogens is 3. The van der Waals surface area contributed by atoms with E-state index in [1.54, 1.807) is 18.2 Å². The lowest BCUT2D eigenvalue weighted by Gasteiger charge is -2.03. The Labute approximate surface area is 107 Å². The fraction of sp³-hybridized carbons (Fsp3) is 0. The highest BCUT2D eigenvalue weighted by Gasteiger charge is 2.01. The summed E-state index contributed by atoms with van der Waals surface area (Å²) in [6, 6.07) is 7.20. The zero-order valence-electron chi connectivity index (χ0n) is 8.56. The third-order valence-corrected chi connectivity index (χ3v) is 2.42. The minimum atomic E-state index is 0.317. The maximum atomic E-state index is 10.4. The molecule has 1 amide bonds. The van der Waals surface area contributed by atoms with Gasteiger partial charge >= 0.3 is 0 Å². The molecule has 1 aromatic heterocycles. The number of carbonyl (C=O) groups excluding carboxylic acids is 1. The van der Waals surface area contributed by atoms with Crippen LogP contribution in [0.15, 0.2) is 24.3 Å². The van der Waals surface area contributed by atoms with Crippen LogP contribution in [0.4, 0.5) is 5.69 Å². The van der Waals surface area contributed by atoms with Gasteiger partial charge in [0.25, 0.3) is 0 Å². The maximum Gasteiger partial charge on any atom is 0.211 e. The van der Waals surface area contributed by atoms with E-state index in [9.17, 15) is 4.79 Å². The van der Waals surface area contributed by atoms with Gasteiger partial charge in [-0.2, -0.15) is 0 Å². The number of carbonyl (C=O) groups is 1. The molecule has 2 aromatic rings. The van der Waals surface area contributed by atoms with E-state index < -0.39 is 0 Å². The second-order valence-corrected chi connectivity index (χ2v) is 3.98. The van der Waals surface area contributed by atoms with Crippen LogP contribution >= 0.6 is 24.4 Å². The van der Waals surface area contributed by atoms with Crippen molar-refractivity contribution >= 4 is 36.5 Å². The zero-order valence-corrected chi connectivity index (χ0v) is 10.2. The molecule has 0 spiro atoms. The molecular weight excluding hydrogens is 256 g/mol. The zero-order chi connectivity index (χ0) is 12.3. The second kappa shape index (κ2) is 4.98. The average Bonchev–Trinajstić information content (AvgIpc) is 2.28. The number of amides is 1. The summed E-state index contributed by atoms with van der Waals surface area (Å²) >= 11 is 9.93. The molecule has 0 aliphatic heterocycles. The number of hydrogen-bond donors (Lipinski definition) is 3. The molecule has 0 atom stereocenters. The Kier molecular flexibility index (Phi) is 3.40. The average molecular weight is 264 g/mol. The summed E-state index contributed by atoms with van der Waals surface area (Å²) in [5, 5.41) is 2.56. The van der Waals surface area contributed by atoms with Crippen molar-refractivity contribution in [3.8, 4) is 11.4 Å². The maximum absolute atomic E-state index is 10.4. The summed E-state index contributed by atoms with van der Waals surface area (Å²) in [5.41, 5.74) is 1.47. The number of anilines is 1. The topological polar surface area (TPSA) is 73.6 Å². The van der Waals surface area contributed by atoms with Gasteiger partial charge in [0.1, 0.15) is 5.82 Å². The minimum Gasteiger partial charge on any atom is -0.329 e. The molecule has 2 rings (SSSR count). The normalized spacial score (nSPS) is 9.88. The van der Waals surface area contributed by atoms with Gasteiger partial charge in [0.2, 0.25) is 11.2 Å². The molecule has 0 radical (unpaired) electrons. The summed E-state index contributed by atoms with van der Waals surface area (Å²) in [6.45, 7) is 0. The predicted molar refractivity (Wildman–Crippen MR) is 69.7 cm³/mol. The van der Waals surface area contributed by atoms with Gasteiger partial charge in [0.15, 0.2) is 4.77 Å². The van der Waals surface area contributed by atoms with Crippen LogP contribution < -0.4 is 5.32 Å². The van der Waals surface area contributed by atoms with E-state index in [4.69, 9.17) is 24.4 Å². The molecule has 0 fully saturated rings. The number of nitrogens with zero attached hydrogens (tertiary/aromatic N) is 1. The van der Waals surface area contributed by atoms with Crippen LogP contribution in [0.1, 0.15) is 0 Å². The SMILES string of the molecule is O=CNc1cccc(-c2nc(=S)[nH]c(=S)[nH]2)c1. The van der Waals surface area contributed by atoms with Crippen molar-refractivity contribution in [3.05, 3.63) is 33.8 Å². The van der Waals surface area contributed by atoms with Crippen molar-refractivity contribution in [2.24, 2.45) is 0 Å². The van der Waals surface area contributed by atoms with Crippen LogP contribution in [0.25, 0.3) is 11.4 Å². The van der Waals surface area contributed by atoms with Gasteiger partial charge in [-0.25, -0.2) is 4.98 Å². The highest BCUT2D eigenvalue weighted by molar-refractivity contribution is 7.71. The molecule has 86 valence electrons. The Morgan fingerprint density at radius 1 is 1.29 bits per heavy atom. The van der Waals surface area contributed by atoms with Gasteiger partial charge in [-0.1, -0.05) is 12.1 Å². The number of benzene rings is 1. The van der Waals surface area contributed by atoms with E-state index in [0.29, 0.717) is 27.5 Å². The molecule has 0 aliphatic carbocycles. The van der Waals surface area contributed by atoms with Crippen molar-refractivity contribution in [2.45, 2.75) is 0 Å². The lowest BCUT2D eigenvalue weighted by atomic mass is 10.2. The van der Waals surface area contributed by atoms with E-state index in [1.807, 2.05) is 6.07 Å². The molecule has 0 saturated heterocycles. The van der Waals surface area contributed by atoms with Crippen LogP contribution in [0.2, 0.25) is 0 Å². The van der Waals surface area contributed by atoms with Crippen molar-refractivity contribution in [1.82, 2.24) is 15.0 Å². The number of aromatic amines is 2. The summed E-state index contributed by atoms with van der Waals surface area (Å²) in [4.78, 5) is 20.1.